The number of carbonyl (C=O) groups excluding carboxylic acids is 1. The van der Waals surface area contributed by atoms with E-state index in [0.29, 0.717) is 5.16 Å². The van der Waals surface area contributed by atoms with Crippen LogP contribution in [0.15, 0.2) is 27.5 Å². The van der Waals surface area contributed by atoms with Gasteiger partial charge in [-0.1, -0.05) is 31.5 Å². The van der Waals surface area contributed by atoms with Gasteiger partial charge in [-0.05, 0) is 46.1 Å². The summed E-state index contributed by atoms with van der Waals surface area (Å²) in [5, 5.41) is 0.514. The predicted octanol–water partition coefficient (Wildman–Crippen LogP) is 4.13. The molecule has 0 aromatic carbocycles. The summed E-state index contributed by atoms with van der Waals surface area (Å²) >= 11 is 6.37. The Labute approximate surface area is 139 Å². The molecule has 1 amide bonds. The number of nitrogens with zero attached hydrogens (tertiary/aromatic N) is 3. The van der Waals surface area contributed by atoms with Crippen molar-refractivity contribution in [3.05, 3.63) is 22.5 Å². The molecule has 0 aliphatic carbocycles. The van der Waals surface area contributed by atoms with Gasteiger partial charge in [0.2, 0.25) is 5.91 Å². The number of hydrogen-bond acceptors (Lipinski definition) is 2. The molecule has 0 unspecified atom stereocenters. The van der Waals surface area contributed by atoms with Crippen LogP contribution in [0.3, 0.4) is 0 Å². The average Bonchev–Trinajstić information content (AvgIpc) is 2.49. The maximum absolute atomic E-state index is 12.6. The number of allylic oxidation sites excluding steroid dienone is 2. The van der Waals surface area contributed by atoms with E-state index in [1.165, 1.54) is 0 Å². The summed E-state index contributed by atoms with van der Waals surface area (Å²) < 4.78 is 0. The maximum Gasteiger partial charge on any atom is 0.249 e. The number of hydrogen-bond donors (Lipinski definition) is 0. The summed E-state index contributed by atoms with van der Waals surface area (Å²) in [6.07, 6.45) is 3.52. The molecule has 1 rings (SSSR count). The van der Waals surface area contributed by atoms with E-state index < -0.39 is 0 Å². The van der Waals surface area contributed by atoms with Crippen LogP contribution < -0.4 is 0 Å². The van der Waals surface area contributed by atoms with Gasteiger partial charge in [0.15, 0.2) is 5.84 Å². The van der Waals surface area contributed by atoms with Crippen molar-refractivity contribution in [3.63, 3.8) is 0 Å². The maximum atomic E-state index is 12.6. The van der Waals surface area contributed by atoms with E-state index in [2.05, 4.69) is 30.7 Å². The monoisotopic (exact) mass is 325 g/mol. The zero-order chi connectivity index (χ0) is 17.0. The van der Waals surface area contributed by atoms with Crippen LogP contribution in [0.1, 0.15) is 54.4 Å². The van der Waals surface area contributed by atoms with Crippen LogP contribution in [-0.4, -0.2) is 40.7 Å². The van der Waals surface area contributed by atoms with Gasteiger partial charge >= 0.3 is 0 Å². The topological polar surface area (TPSA) is 35.9 Å². The summed E-state index contributed by atoms with van der Waals surface area (Å²) in [5.41, 5.74) is 1.85. The Morgan fingerprint density at radius 2 is 2.00 bits per heavy atom. The standard InChI is InChI=1S/C17H28ClN3O/c1-8-12(6)15(18)19-16-13(9-2)20(7)17(22)14(10-3)21(16)11(4)5/h9,11,14H,8,10H2,1-7H3/b13-9?,15-12+,19-16?/t14-/m1/s1. The van der Waals surface area contributed by atoms with E-state index in [0.717, 1.165) is 29.9 Å². The lowest BCUT2D eigenvalue weighted by Crippen LogP contribution is -2.59. The van der Waals surface area contributed by atoms with Gasteiger partial charge in [0.05, 0.1) is 5.70 Å². The SMILES string of the molecule is CC=C1C(=N/C(Cl)=C(\C)CC)N(C(C)C)[C@H](CC)C(=O)N1C. The van der Waals surface area contributed by atoms with Crippen LogP contribution in [0.5, 0.6) is 0 Å². The second-order valence-electron chi connectivity index (χ2n) is 5.86. The lowest BCUT2D eigenvalue weighted by Gasteiger charge is -2.44. The van der Waals surface area contributed by atoms with Crippen molar-refractivity contribution < 1.29 is 4.79 Å². The van der Waals surface area contributed by atoms with Gasteiger partial charge in [0.1, 0.15) is 11.2 Å². The summed E-state index contributed by atoms with van der Waals surface area (Å²) in [6, 6.07) is -0.0263. The quantitative estimate of drug-likeness (QED) is 0.729. The normalized spacial score (nSPS) is 24.6. The first kappa shape index (κ1) is 18.8. The summed E-state index contributed by atoms with van der Waals surface area (Å²) in [4.78, 5) is 21.1. The molecule has 5 heteroatoms. The Bertz CT molecular complexity index is 520. The van der Waals surface area contributed by atoms with Crippen molar-refractivity contribution in [2.45, 2.75) is 66.5 Å². The molecule has 1 aliphatic rings. The fraction of sp³-hybridized carbons (Fsp3) is 0.647. The van der Waals surface area contributed by atoms with Crippen molar-refractivity contribution in [1.82, 2.24) is 9.80 Å². The Morgan fingerprint density at radius 3 is 2.41 bits per heavy atom. The molecule has 1 atom stereocenters. The second-order valence-corrected chi connectivity index (χ2v) is 6.21. The van der Waals surface area contributed by atoms with Crippen LogP contribution >= 0.6 is 11.6 Å². The van der Waals surface area contributed by atoms with Gasteiger partial charge in [0, 0.05) is 13.1 Å². The van der Waals surface area contributed by atoms with Crippen LogP contribution in [0, 0.1) is 0 Å². The predicted molar refractivity (Wildman–Crippen MR) is 93.9 cm³/mol. The third-order valence-corrected chi connectivity index (χ3v) is 4.50. The lowest BCUT2D eigenvalue weighted by molar-refractivity contribution is -0.134. The van der Waals surface area contributed by atoms with Crippen molar-refractivity contribution in [2.24, 2.45) is 4.99 Å². The minimum Gasteiger partial charge on any atom is -0.340 e. The molecule has 0 aromatic heterocycles. The highest BCUT2D eigenvalue weighted by molar-refractivity contribution is 6.30. The lowest BCUT2D eigenvalue weighted by atomic mass is 10.0. The third-order valence-electron chi connectivity index (χ3n) is 4.09. The van der Waals surface area contributed by atoms with E-state index >= 15 is 0 Å². The third kappa shape index (κ3) is 3.54. The van der Waals surface area contributed by atoms with Crippen LogP contribution in [0.4, 0.5) is 0 Å². The summed E-state index contributed by atoms with van der Waals surface area (Å²) in [7, 11) is 1.80. The smallest absolute Gasteiger partial charge is 0.249 e. The number of piperazine rings is 1. The number of amidine groups is 1. The number of amides is 1. The van der Waals surface area contributed by atoms with Crippen molar-refractivity contribution in [2.75, 3.05) is 7.05 Å². The minimum atomic E-state index is -0.196. The molecule has 1 fully saturated rings. The minimum absolute atomic E-state index is 0.107. The molecule has 22 heavy (non-hydrogen) atoms. The molecule has 0 bridgehead atoms. The summed E-state index contributed by atoms with van der Waals surface area (Å²) in [5.74, 6) is 0.889. The molecule has 0 spiro atoms. The second kappa shape index (κ2) is 7.82. The highest BCUT2D eigenvalue weighted by atomic mass is 35.5. The molecular weight excluding hydrogens is 298 g/mol. The zero-order valence-corrected chi connectivity index (χ0v) is 15.5. The number of rotatable bonds is 4. The van der Waals surface area contributed by atoms with Crippen molar-refractivity contribution in [1.29, 1.82) is 0 Å². The molecule has 1 aliphatic heterocycles. The average molecular weight is 326 g/mol. The van der Waals surface area contributed by atoms with Gasteiger partial charge in [0.25, 0.3) is 0 Å². The highest BCUT2D eigenvalue weighted by Gasteiger charge is 2.39. The first-order chi connectivity index (χ1) is 10.3. The fourth-order valence-corrected chi connectivity index (χ4v) is 2.85. The molecule has 0 radical (unpaired) electrons. The van der Waals surface area contributed by atoms with E-state index in [4.69, 9.17) is 11.6 Å². The largest absolute Gasteiger partial charge is 0.340 e. The molecule has 4 nitrogen and oxygen atoms in total. The first-order valence-corrected chi connectivity index (χ1v) is 8.34. The van der Waals surface area contributed by atoms with Crippen LogP contribution in [0.2, 0.25) is 0 Å². The van der Waals surface area contributed by atoms with Crippen LogP contribution in [0.25, 0.3) is 0 Å². The van der Waals surface area contributed by atoms with Gasteiger partial charge in [-0.15, -0.1) is 0 Å². The van der Waals surface area contributed by atoms with Crippen molar-refractivity contribution in [3.8, 4) is 0 Å². The Balaban J connectivity index is 3.51. The zero-order valence-electron chi connectivity index (χ0n) is 14.8. The fourth-order valence-electron chi connectivity index (χ4n) is 2.64. The number of likely N-dealkylation sites (N-methyl/N-ethyl adjacent to an activating group) is 1. The molecule has 0 N–H and O–H groups in total. The number of halogens is 1. The molecule has 1 saturated heterocycles. The van der Waals surface area contributed by atoms with Gasteiger partial charge in [-0.25, -0.2) is 4.99 Å². The van der Waals surface area contributed by atoms with Gasteiger partial charge in [-0.2, -0.15) is 0 Å². The molecule has 0 aromatic rings. The highest BCUT2D eigenvalue weighted by Crippen LogP contribution is 2.27. The van der Waals surface area contributed by atoms with E-state index in [1.807, 2.05) is 26.8 Å². The molecular formula is C17H28ClN3O. The van der Waals surface area contributed by atoms with Gasteiger partial charge in [-0.3, -0.25) is 4.79 Å². The Hall–Kier alpha value is -1.29. The number of carbonyl (C=O) groups is 1. The van der Waals surface area contributed by atoms with E-state index in [1.54, 1.807) is 11.9 Å². The van der Waals surface area contributed by atoms with Crippen LogP contribution in [-0.2, 0) is 4.79 Å². The van der Waals surface area contributed by atoms with Gasteiger partial charge < -0.3 is 9.80 Å². The van der Waals surface area contributed by atoms with E-state index in [-0.39, 0.29) is 18.0 Å². The summed E-state index contributed by atoms with van der Waals surface area (Å²) in [6.45, 7) is 12.1. The Kier molecular flexibility index (Phi) is 6.66. The van der Waals surface area contributed by atoms with E-state index in [9.17, 15) is 4.79 Å². The number of aliphatic imine (C=N–C) groups is 1. The molecule has 1 heterocycles. The Morgan fingerprint density at radius 1 is 1.41 bits per heavy atom. The molecule has 0 saturated carbocycles. The first-order valence-electron chi connectivity index (χ1n) is 7.96. The van der Waals surface area contributed by atoms with Crippen molar-refractivity contribution >= 4 is 23.3 Å². The molecule has 124 valence electrons.